The number of aromatic amines is 1. The van der Waals surface area contributed by atoms with Crippen LogP contribution in [0.5, 0.6) is 0 Å². The molecule has 1 aliphatic rings. The average molecular weight is 357 g/mol. The molecule has 1 aliphatic heterocycles. The second kappa shape index (κ2) is 8.36. The van der Waals surface area contributed by atoms with E-state index in [0.29, 0.717) is 19.5 Å². The molecule has 0 bridgehead atoms. The highest BCUT2D eigenvalue weighted by Gasteiger charge is 2.26. The van der Waals surface area contributed by atoms with Crippen molar-refractivity contribution in [2.45, 2.75) is 32.8 Å². The molecule has 1 aromatic carbocycles. The third kappa shape index (κ3) is 4.25. The van der Waals surface area contributed by atoms with Gasteiger partial charge in [-0.15, -0.1) is 0 Å². The van der Waals surface area contributed by atoms with Crippen LogP contribution in [0.25, 0.3) is 10.9 Å². The summed E-state index contributed by atoms with van der Waals surface area (Å²) < 4.78 is 5.37. The lowest BCUT2D eigenvalue weighted by Gasteiger charge is -2.35. The zero-order valence-electron chi connectivity index (χ0n) is 15.5. The van der Waals surface area contributed by atoms with E-state index in [0.717, 1.165) is 36.1 Å². The van der Waals surface area contributed by atoms with E-state index < -0.39 is 6.10 Å². The zero-order valence-corrected chi connectivity index (χ0v) is 15.5. The second-order valence-electron chi connectivity index (χ2n) is 6.75. The number of ether oxygens (including phenoxy) is 1. The molecule has 3 rings (SSSR count). The number of H-pyrrole nitrogens is 1. The monoisotopic (exact) mass is 357 g/mol. The van der Waals surface area contributed by atoms with Gasteiger partial charge in [-0.2, -0.15) is 0 Å². The van der Waals surface area contributed by atoms with Crippen molar-refractivity contribution >= 4 is 22.8 Å². The van der Waals surface area contributed by atoms with Crippen molar-refractivity contribution in [3.63, 3.8) is 0 Å². The third-order valence-corrected chi connectivity index (χ3v) is 5.06. The lowest BCUT2D eigenvalue weighted by molar-refractivity contribution is -0.159. The largest absolute Gasteiger partial charge is 0.453 e. The minimum atomic E-state index is -0.723. The van der Waals surface area contributed by atoms with E-state index in [1.165, 1.54) is 0 Å². The van der Waals surface area contributed by atoms with E-state index in [2.05, 4.69) is 16.8 Å². The number of piperazine rings is 1. The molecule has 6 heteroatoms. The minimum Gasteiger partial charge on any atom is -0.453 e. The molecule has 1 atom stereocenters. The maximum Gasteiger partial charge on any atom is 0.306 e. The average Bonchev–Trinajstić information content (AvgIpc) is 3.09. The number of aryl methyl sites for hydroxylation is 1. The smallest absolute Gasteiger partial charge is 0.306 e. The van der Waals surface area contributed by atoms with Crippen molar-refractivity contribution in [1.82, 2.24) is 14.8 Å². The standard InChI is InChI=1S/C20H27N3O3/c1-3-22-10-12-23(13-11-22)20(25)15(2)26-19(24)9-8-16-14-21-18-7-5-4-6-17(16)18/h4-7,14-15,21H,3,8-13H2,1-2H3/t15-/m0/s1. The number of hydrogen-bond donors (Lipinski definition) is 1. The van der Waals surface area contributed by atoms with Crippen LogP contribution in [-0.4, -0.2) is 65.5 Å². The number of amides is 1. The first kappa shape index (κ1) is 18.5. The normalized spacial score (nSPS) is 16.6. The Labute approximate surface area is 154 Å². The fourth-order valence-corrected chi connectivity index (χ4v) is 3.42. The lowest BCUT2D eigenvalue weighted by Crippen LogP contribution is -2.51. The molecule has 0 radical (unpaired) electrons. The molecule has 1 saturated heterocycles. The molecule has 0 spiro atoms. The van der Waals surface area contributed by atoms with E-state index in [1.807, 2.05) is 30.5 Å². The summed E-state index contributed by atoms with van der Waals surface area (Å²) in [7, 11) is 0. The quantitative estimate of drug-likeness (QED) is 0.805. The number of esters is 1. The summed E-state index contributed by atoms with van der Waals surface area (Å²) in [5.41, 5.74) is 2.15. The Bertz CT molecular complexity index is 763. The van der Waals surface area contributed by atoms with Crippen LogP contribution in [0.1, 0.15) is 25.8 Å². The highest BCUT2D eigenvalue weighted by Crippen LogP contribution is 2.19. The van der Waals surface area contributed by atoms with E-state index in [4.69, 9.17) is 4.74 Å². The first-order valence-electron chi connectivity index (χ1n) is 9.34. The fourth-order valence-electron chi connectivity index (χ4n) is 3.42. The molecule has 1 fully saturated rings. The van der Waals surface area contributed by atoms with Gasteiger partial charge in [-0.3, -0.25) is 9.59 Å². The van der Waals surface area contributed by atoms with Gasteiger partial charge in [-0.05, 0) is 31.5 Å². The number of aromatic nitrogens is 1. The van der Waals surface area contributed by atoms with Crippen molar-refractivity contribution in [2.75, 3.05) is 32.7 Å². The van der Waals surface area contributed by atoms with E-state index in [-0.39, 0.29) is 18.3 Å². The molecule has 0 aliphatic carbocycles. The molecule has 1 N–H and O–H groups in total. The van der Waals surface area contributed by atoms with Crippen LogP contribution in [0, 0.1) is 0 Å². The maximum atomic E-state index is 12.5. The number of hydrogen-bond acceptors (Lipinski definition) is 4. The summed E-state index contributed by atoms with van der Waals surface area (Å²) in [6, 6.07) is 8.01. The van der Waals surface area contributed by atoms with E-state index in [9.17, 15) is 9.59 Å². The molecule has 26 heavy (non-hydrogen) atoms. The van der Waals surface area contributed by atoms with Gasteiger partial charge in [0.2, 0.25) is 0 Å². The number of carbonyl (C=O) groups is 2. The van der Waals surface area contributed by atoms with Gasteiger partial charge in [0.05, 0.1) is 0 Å². The van der Waals surface area contributed by atoms with Crippen LogP contribution in [0.2, 0.25) is 0 Å². The van der Waals surface area contributed by atoms with Crippen LogP contribution < -0.4 is 0 Å². The second-order valence-corrected chi connectivity index (χ2v) is 6.75. The molecular weight excluding hydrogens is 330 g/mol. The summed E-state index contributed by atoms with van der Waals surface area (Å²) in [4.78, 5) is 31.9. The Hall–Kier alpha value is -2.34. The number of benzene rings is 1. The number of nitrogens with one attached hydrogen (secondary N) is 1. The summed E-state index contributed by atoms with van der Waals surface area (Å²) in [5.74, 6) is -0.426. The first-order chi connectivity index (χ1) is 12.6. The van der Waals surface area contributed by atoms with Gasteiger partial charge in [0.1, 0.15) is 0 Å². The molecule has 6 nitrogen and oxygen atoms in total. The molecule has 1 aromatic heterocycles. The SMILES string of the molecule is CCN1CCN(C(=O)[C@H](C)OC(=O)CCc2c[nH]c3ccccc23)CC1. The topological polar surface area (TPSA) is 65.6 Å². The van der Waals surface area contributed by atoms with Crippen molar-refractivity contribution in [3.8, 4) is 0 Å². The summed E-state index contributed by atoms with van der Waals surface area (Å²) >= 11 is 0. The molecule has 2 aromatic rings. The van der Waals surface area contributed by atoms with Crippen molar-refractivity contribution < 1.29 is 14.3 Å². The zero-order chi connectivity index (χ0) is 18.5. The van der Waals surface area contributed by atoms with Gasteiger partial charge in [-0.25, -0.2) is 0 Å². The van der Waals surface area contributed by atoms with Crippen molar-refractivity contribution in [1.29, 1.82) is 0 Å². The Balaban J connectivity index is 1.47. The van der Waals surface area contributed by atoms with E-state index >= 15 is 0 Å². The molecular formula is C20H27N3O3. The van der Waals surface area contributed by atoms with Crippen LogP contribution in [-0.2, 0) is 20.7 Å². The van der Waals surface area contributed by atoms with Crippen LogP contribution in [0.15, 0.2) is 30.5 Å². The Morgan fingerprint density at radius 3 is 2.65 bits per heavy atom. The third-order valence-electron chi connectivity index (χ3n) is 5.06. The van der Waals surface area contributed by atoms with Crippen molar-refractivity contribution in [3.05, 3.63) is 36.0 Å². The predicted octanol–water partition coefficient (Wildman–Crippen LogP) is 2.20. The number of likely N-dealkylation sites (N-methyl/N-ethyl adjacent to an activating group) is 1. The maximum absolute atomic E-state index is 12.5. The number of fused-ring (bicyclic) bond motifs is 1. The molecule has 0 saturated carbocycles. The van der Waals surface area contributed by atoms with E-state index in [1.54, 1.807) is 11.8 Å². The Morgan fingerprint density at radius 2 is 1.92 bits per heavy atom. The number of rotatable bonds is 6. The van der Waals surface area contributed by atoms with Gasteiger partial charge in [0.25, 0.3) is 5.91 Å². The number of para-hydroxylation sites is 1. The summed E-state index contributed by atoms with van der Waals surface area (Å²) in [6.45, 7) is 7.94. The van der Waals surface area contributed by atoms with Gasteiger partial charge >= 0.3 is 5.97 Å². The number of carbonyl (C=O) groups excluding carboxylic acids is 2. The highest BCUT2D eigenvalue weighted by molar-refractivity contribution is 5.85. The first-order valence-corrected chi connectivity index (χ1v) is 9.34. The summed E-state index contributed by atoms with van der Waals surface area (Å²) in [5, 5.41) is 1.12. The van der Waals surface area contributed by atoms with Crippen LogP contribution in [0.3, 0.4) is 0 Å². The fraction of sp³-hybridized carbons (Fsp3) is 0.500. The Kier molecular flexibility index (Phi) is 5.93. The molecule has 2 heterocycles. The predicted molar refractivity (Wildman–Crippen MR) is 101 cm³/mol. The van der Waals surface area contributed by atoms with Gasteiger partial charge < -0.3 is 19.5 Å². The molecule has 140 valence electrons. The van der Waals surface area contributed by atoms with Gasteiger partial charge in [-0.1, -0.05) is 25.1 Å². The minimum absolute atomic E-state index is 0.0961. The highest BCUT2D eigenvalue weighted by atomic mass is 16.5. The van der Waals surface area contributed by atoms with Gasteiger partial charge in [0, 0.05) is 49.7 Å². The van der Waals surface area contributed by atoms with Crippen LogP contribution >= 0.6 is 0 Å². The summed E-state index contributed by atoms with van der Waals surface area (Å²) in [6.07, 6.45) is 2.07. The molecule has 1 amide bonds. The number of nitrogens with zero attached hydrogens (tertiary/aromatic N) is 2. The Morgan fingerprint density at radius 1 is 1.19 bits per heavy atom. The van der Waals surface area contributed by atoms with Gasteiger partial charge in [0.15, 0.2) is 6.10 Å². The van der Waals surface area contributed by atoms with Crippen molar-refractivity contribution in [2.24, 2.45) is 0 Å². The van der Waals surface area contributed by atoms with Crippen LogP contribution in [0.4, 0.5) is 0 Å². The molecule has 0 unspecified atom stereocenters. The lowest BCUT2D eigenvalue weighted by atomic mass is 10.1.